The van der Waals surface area contributed by atoms with Gasteiger partial charge in [0.15, 0.2) is 0 Å². The molecule has 0 heterocycles. The van der Waals surface area contributed by atoms with Gasteiger partial charge < -0.3 is 5.32 Å². The molecule has 2 rings (SSSR count). The monoisotopic (exact) mass is 299 g/mol. The predicted octanol–water partition coefficient (Wildman–Crippen LogP) is 5.53. The highest BCUT2D eigenvalue weighted by atomic mass is 35.5. The zero-order valence-corrected chi connectivity index (χ0v) is 11.5. The van der Waals surface area contributed by atoms with Gasteiger partial charge in [-0.15, -0.1) is 0 Å². The van der Waals surface area contributed by atoms with Crippen LogP contribution >= 0.6 is 11.6 Å². The maximum absolute atomic E-state index is 12.8. The summed E-state index contributed by atoms with van der Waals surface area (Å²) in [5, 5.41) is 2.74. The van der Waals surface area contributed by atoms with Gasteiger partial charge in [0.2, 0.25) is 0 Å². The third-order valence-corrected chi connectivity index (χ3v) is 3.28. The third-order valence-electron chi connectivity index (χ3n) is 2.95. The van der Waals surface area contributed by atoms with Crippen LogP contribution in [0.15, 0.2) is 48.5 Å². The summed E-state index contributed by atoms with van der Waals surface area (Å²) in [7, 11) is 0. The second-order valence-electron chi connectivity index (χ2n) is 4.47. The Kier molecular flexibility index (Phi) is 4.23. The quantitative estimate of drug-likeness (QED) is 0.785. The summed E-state index contributed by atoms with van der Waals surface area (Å²) >= 11 is 5.59. The minimum absolute atomic E-state index is 0.0986. The molecule has 0 fully saturated rings. The van der Waals surface area contributed by atoms with Crippen LogP contribution in [-0.4, -0.2) is 0 Å². The zero-order chi connectivity index (χ0) is 14.8. The Hall–Kier alpha value is -1.68. The molecule has 0 aromatic heterocycles. The molecule has 5 heteroatoms. The highest BCUT2D eigenvalue weighted by Crippen LogP contribution is 2.36. The summed E-state index contributed by atoms with van der Waals surface area (Å²) in [6, 6.07) is 13.2. The van der Waals surface area contributed by atoms with Crippen molar-refractivity contribution >= 4 is 17.3 Å². The molecule has 0 aliphatic heterocycles. The molecular formula is C15H13ClF3N. The molecule has 0 saturated heterocycles. The fourth-order valence-corrected chi connectivity index (χ4v) is 2.13. The van der Waals surface area contributed by atoms with Gasteiger partial charge in [0.25, 0.3) is 0 Å². The van der Waals surface area contributed by atoms with Crippen molar-refractivity contribution in [1.29, 1.82) is 0 Å². The van der Waals surface area contributed by atoms with Crippen molar-refractivity contribution in [3.05, 3.63) is 64.7 Å². The van der Waals surface area contributed by atoms with Gasteiger partial charge in [-0.2, -0.15) is 13.2 Å². The van der Waals surface area contributed by atoms with Crippen LogP contribution in [0.2, 0.25) is 5.02 Å². The second-order valence-corrected chi connectivity index (χ2v) is 4.88. The van der Waals surface area contributed by atoms with Crippen molar-refractivity contribution in [3.63, 3.8) is 0 Å². The van der Waals surface area contributed by atoms with E-state index in [1.165, 1.54) is 12.1 Å². The van der Waals surface area contributed by atoms with Crippen molar-refractivity contribution in [2.24, 2.45) is 0 Å². The van der Waals surface area contributed by atoms with Crippen molar-refractivity contribution < 1.29 is 13.2 Å². The van der Waals surface area contributed by atoms with E-state index in [4.69, 9.17) is 11.6 Å². The van der Waals surface area contributed by atoms with E-state index < -0.39 is 11.7 Å². The van der Waals surface area contributed by atoms with Crippen LogP contribution in [0.5, 0.6) is 0 Å². The smallest absolute Gasteiger partial charge is 0.379 e. The first-order chi connectivity index (χ1) is 9.38. The Balaban J connectivity index is 2.22. The first kappa shape index (κ1) is 14.7. The number of halogens is 4. The molecule has 0 saturated carbocycles. The molecule has 0 radical (unpaired) electrons. The van der Waals surface area contributed by atoms with E-state index in [2.05, 4.69) is 5.32 Å². The van der Waals surface area contributed by atoms with Gasteiger partial charge in [-0.25, -0.2) is 0 Å². The van der Waals surface area contributed by atoms with Gasteiger partial charge in [-0.1, -0.05) is 41.9 Å². The standard InChI is InChI=1S/C15H13ClF3N/c1-10(11-5-3-2-4-6-11)20-12-7-8-14(16)13(9-12)15(17,18)19/h2-10,20H,1H3. The van der Waals surface area contributed by atoms with Crippen LogP contribution < -0.4 is 5.32 Å². The van der Waals surface area contributed by atoms with Gasteiger partial charge in [-0.05, 0) is 30.7 Å². The SMILES string of the molecule is CC(Nc1ccc(Cl)c(C(F)(F)F)c1)c1ccccc1. The van der Waals surface area contributed by atoms with E-state index in [0.29, 0.717) is 5.69 Å². The molecule has 1 atom stereocenters. The molecule has 0 amide bonds. The lowest BCUT2D eigenvalue weighted by Gasteiger charge is -2.17. The number of rotatable bonds is 3. The van der Waals surface area contributed by atoms with Gasteiger partial charge >= 0.3 is 6.18 Å². The number of hydrogen-bond donors (Lipinski definition) is 1. The first-order valence-electron chi connectivity index (χ1n) is 6.06. The maximum atomic E-state index is 12.8. The average molecular weight is 300 g/mol. The molecule has 0 bridgehead atoms. The number of nitrogens with one attached hydrogen (secondary N) is 1. The molecule has 0 spiro atoms. The molecule has 1 unspecified atom stereocenters. The zero-order valence-electron chi connectivity index (χ0n) is 10.7. The Morgan fingerprint density at radius 3 is 2.30 bits per heavy atom. The van der Waals surface area contributed by atoms with Crippen LogP contribution in [0.1, 0.15) is 24.1 Å². The first-order valence-corrected chi connectivity index (χ1v) is 6.44. The molecule has 2 aromatic rings. The Morgan fingerprint density at radius 2 is 1.70 bits per heavy atom. The second kappa shape index (κ2) is 5.75. The Bertz CT molecular complexity index is 581. The van der Waals surface area contributed by atoms with E-state index in [9.17, 15) is 13.2 Å². The summed E-state index contributed by atoms with van der Waals surface area (Å²) < 4.78 is 38.3. The summed E-state index contributed by atoms with van der Waals surface area (Å²) in [6.07, 6.45) is -4.45. The largest absolute Gasteiger partial charge is 0.417 e. The molecule has 20 heavy (non-hydrogen) atoms. The summed E-state index contributed by atoms with van der Waals surface area (Å²) in [5.74, 6) is 0. The van der Waals surface area contributed by atoms with Gasteiger partial charge in [0.05, 0.1) is 10.6 Å². The molecule has 2 aromatic carbocycles. The lowest BCUT2D eigenvalue weighted by atomic mass is 10.1. The number of anilines is 1. The number of hydrogen-bond acceptors (Lipinski definition) is 1. The molecule has 1 nitrogen and oxygen atoms in total. The maximum Gasteiger partial charge on any atom is 0.417 e. The van der Waals surface area contributed by atoms with E-state index in [0.717, 1.165) is 11.6 Å². The molecular weight excluding hydrogens is 287 g/mol. The molecule has 0 aliphatic carbocycles. The minimum atomic E-state index is -4.45. The minimum Gasteiger partial charge on any atom is -0.379 e. The van der Waals surface area contributed by atoms with Crippen LogP contribution in [0.3, 0.4) is 0 Å². The highest BCUT2D eigenvalue weighted by molar-refractivity contribution is 6.31. The lowest BCUT2D eigenvalue weighted by Crippen LogP contribution is -2.10. The van der Waals surface area contributed by atoms with Crippen molar-refractivity contribution in [1.82, 2.24) is 0 Å². The van der Waals surface area contributed by atoms with Crippen LogP contribution in [0, 0.1) is 0 Å². The van der Waals surface area contributed by atoms with E-state index >= 15 is 0 Å². The summed E-state index contributed by atoms with van der Waals surface area (Å²) in [4.78, 5) is 0. The summed E-state index contributed by atoms with van der Waals surface area (Å²) in [5.41, 5.74) is 0.554. The van der Waals surface area contributed by atoms with E-state index in [1.54, 1.807) is 0 Å². The van der Waals surface area contributed by atoms with Crippen LogP contribution in [-0.2, 0) is 6.18 Å². The average Bonchev–Trinajstić information content (AvgIpc) is 2.40. The van der Waals surface area contributed by atoms with Crippen LogP contribution in [0.25, 0.3) is 0 Å². The van der Waals surface area contributed by atoms with Crippen LogP contribution in [0.4, 0.5) is 18.9 Å². The molecule has 106 valence electrons. The third kappa shape index (κ3) is 3.45. The lowest BCUT2D eigenvalue weighted by molar-refractivity contribution is -0.137. The fourth-order valence-electron chi connectivity index (χ4n) is 1.91. The van der Waals surface area contributed by atoms with E-state index in [-0.39, 0.29) is 11.1 Å². The highest BCUT2D eigenvalue weighted by Gasteiger charge is 2.33. The topological polar surface area (TPSA) is 12.0 Å². The van der Waals surface area contributed by atoms with Gasteiger partial charge in [0, 0.05) is 11.7 Å². The number of alkyl halides is 3. The molecule has 1 N–H and O–H groups in total. The van der Waals surface area contributed by atoms with Crippen molar-refractivity contribution in [2.75, 3.05) is 5.32 Å². The van der Waals surface area contributed by atoms with Crippen molar-refractivity contribution in [3.8, 4) is 0 Å². The Morgan fingerprint density at radius 1 is 1.05 bits per heavy atom. The van der Waals surface area contributed by atoms with Gasteiger partial charge in [0.1, 0.15) is 0 Å². The molecule has 0 aliphatic rings. The Labute approximate surface area is 120 Å². The van der Waals surface area contributed by atoms with E-state index in [1.807, 2.05) is 37.3 Å². The van der Waals surface area contributed by atoms with Gasteiger partial charge in [-0.3, -0.25) is 0 Å². The number of benzene rings is 2. The normalized spacial score (nSPS) is 13.1. The summed E-state index contributed by atoms with van der Waals surface area (Å²) in [6.45, 7) is 1.89. The van der Waals surface area contributed by atoms with Crippen molar-refractivity contribution in [2.45, 2.75) is 19.1 Å². The predicted molar refractivity (Wildman–Crippen MR) is 74.9 cm³/mol. The fraction of sp³-hybridized carbons (Fsp3) is 0.200.